The Morgan fingerprint density at radius 2 is 2.12 bits per heavy atom. The predicted molar refractivity (Wildman–Crippen MR) is 69.1 cm³/mol. The van der Waals surface area contributed by atoms with Gasteiger partial charge in [0.2, 0.25) is 0 Å². The number of pyridine rings is 2. The zero-order chi connectivity index (χ0) is 12.3. The number of hydrogen-bond acceptors (Lipinski definition) is 3. The second kappa shape index (κ2) is 5.25. The first-order valence-corrected chi connectivity index (χ1v) is 5.87. The molecular formula is C11H7BrClN3O. The maximum Gasteiger partial charge on any atom is 0.258 e. The summed E-state index contributed by atoms with van der Waals surface area (Å²) in [5.41, 5.74) is 0.423. The van der Waals surface area contributed by atoms with Crippen LogP contribution < -0.4 is 5.32 Å². The maximum absolute atomic E-state index is 11.8. The molecule has 0 aromatic carbocycles. The average molecular weight is 313 g/mol. The highest BCUT2D eigenvalue weighted by Gasteiger charge is 2.08. The van der Waals surface area contributed by atoms with Gasteiger partial charge in [0, 0.05) is 12.4 Å². The number of halogens is 2. The van der Waals surface area contributed by atoms with E-state index in [4.69, 9.17) is 11.6 Å². The highest BCUT2D eigenvalue weighted by atomic mass is 79.9. The predicted octanol–water partition coefficient (Wildman–Crippen LogP) is 3.14. The number of hydrogen-bond donors (Lipinski definition) is 1. The van der Waals surface area contributed by atoms with Crippen molar-refractivity contribution in [2.24, 2.45) is 0 Å². The minimum absolute atomic E-state index is 0.284. The van der Waals surface area contributed by atoms with Crippen molar-refractivity contribution in [3.63, 3.8) is 0 Å². The molecule has 0 atom stereocenters. The van der Waals surface area contributed by atoms with Crippen molar-refractivity contribution in [3.8, 4) is 0 Å². The maximum atomic E-state index is 11.8. The van der Waals surface area contributed by atoms with Gasteiger partial charge < -0.3 is 5.32 Å². The van der Waals surface area contributed by atoms with E-state index in [1.54, 1.807) is 30.5 Å². The summed E-state index contributed by atoms with van der Waals surface area (Å²) >= 11 is 8.93. The van der Waals surface area contributed by atoms with E-state index in [2.05, 4.69) is 31.2 Å². The number of amides is 1. The normalized spacial score (nSPS) is 10.0. The first-order chi connectivity index (χ1) is 8.16. The molecule has 0 aliphatic carbocycles. The molecule has 2 aromatic rings. The Bertz CT molecular complexity index is 545. The van der Waals surface area contributed by atoms with Gasteiger partial charge in [-0.3, -0.25) is 4.79 Å². The van der Waals surface area contributed by atoms with Crippen LogP contribution in [0, 0.1) is 0 Å². The number of rotatable bonds is 2. The first-order valence-electron chi connectivity index (χ1n) is 4.70. The van der Waals surface area contributed by atoms with Crippen molar-refractivity contribution >= 4 is 39.3 Å². The topological polar surface area (TPSA) is 54.9 Å². The van der Waals surface area contributed by atoms with Crippen LogP contribution in [0.25, 0.3) is 0 Å². The average Bonchev–Trinajstić information content (AvgIpc) is 2.33. The Hall–Kier alpha value is -1.46. The number of carbonyl (C=O) groups excluding carboxylic acids is 1. The van der Waals surface area contributed by atoms with Crippen LogP contribution in [0.4, 0.5) is 5.82 Å². The molecule has 0 aliphatic heterocycles. The van der Waals surface area contributed by atoms with E-state index in [-0.39, 0.29) is 5.91 Å². The van der Waals surface area contributed by atoms with Crippen LogP contribution in [0.2, 0.25) is 5.15 Å². The number of aromatic nitrogens is 2. The van der Waals surface area contributed by atoms with Crippen molar-refractivity contribution in [3.05, 3.63) is 51.8 Å². The van der Waals surface area contributed by atoms with E-state index in [9.17, 15) is 4.79 Å². The zero-order valence-electron chi connectivity index (χ0n) is 8.52. The third-order valence-corrected chi connectivity index (χ3v) is 2.84. The highest BCUT2D eigenvalue weighted by molar-refractivity contribution is 9.10. The summed E-state index contributed by atoms with van der Waals surface area (Å²) in [5.74, 6) is 0.181. The lowest BCUT2D eigenvalue weighted by Gasteiger charge is -2.05. The molecule has 0 aliphatic rings. The molecule has 17 heavy (non-hydrogen) atoms. The Morgan fingerprint density at radius 1 is 1.29 bits per heavy atom. The minimum Gasteiger partial charge on any atom is -0.306 e. The highest BCUT2D eigenvalue weighted by Crippen LogP contribution is 2.19. The van der Waals surface area contributed by atoms with Crippen molar-refractivity contribution in [2.75, 3.05) is 5.32 Å². The molecule has 1 N–H and O–H groups in total. The van der Waals surface area contributed by atoms with Gasteiger partial charge in [-0.2, -0.15) is 0 Å². The van der Waals surface area contributed by atoms with E-state index in [1.165, 1.54) is 6.20 Å². The number of nitrogens with zero attached hydrogens (tertiary/aromatic N) is 2. The lowest BCUT2D eigenvalue weighted by atomic mass is 10.2. The molecule has 2 rings (SSSR count). The molecule has 0 bridgehead atoms. The summed E-state index contributed by atoms with van der Waals surface area (Å²) in [4.78, 5) is 19.7. The zero-order valence-corrected chi connectivity index (χ0v) is 10.9. The molecule has 2 aromatic heterocycles. The molecule has 0 radical (unpaired) electrons. The standard InChI is InChI=1S/C11H7BrClN3O/c12-8-2-1-5-14-10(8)16-11(17)7-3-4-9(13)15-6-7/h1-6H,(H,14,16,17). The largest absolute Gasteiger partial charge is 0.306 e. The summed E-state index contributed by atoms with van der Waals surface area (Å²) in [6, 6.07) is 6.72. The third-order valence-electron chi connectivity index (χ3n) is 1.98. The van der Waals surface area contributed by atoms with Crippen LogP contribution in [-0.4, -0.2) is 15.9 Å². The molecule has 0 unspecified atom stereocenters. The van der Waals surface area contributed by atoms with E-state index in [0.29, 0.717) is 16.5 Å². The number of anilines is 1. The van der Waals surface area contributed by atoms with Gasteiger partial charge in [0.15, 0.2) is 0 Å². The summed E-state index contributed by atoms with van der Waals surface area (Å²) in [5, 5.41) is 3.01. The van der Waals surface area contributed by atoms with Gasteiger partial charge in [0.05, 0.1) is 10.0 Å². The fourth-order valence-electron chi connectivity index (χ4n) is 1.17. The van der Waals surface area contributed by atoms with Crippen LogP contribution in [0.15, 0.2) is 41.1 Å². The van der Waals surface area contributed by atoms with Crippen LogP contribution in [0.1, 0.15) is 10.4 Å². The third kappa shape index (κ3) is 3.01. The molecule has 0 fully saturated rings. The second-order valence-electron chi connectivity index (χ2n) is 3.16. The van der Waals surface area contributed by atoms with Gasteiger partial charge in [-0.1, -0.05) is 11.6 Å². The van der Waals surface area contributed by atoms with E-state index in [0.717, 1.165) is 4.47 Å². The van der Waals surface area contributed by atoms with Crippen LogP contribution in [-0.2, 0) is 0 Å². The van der Waals surface area contributed by atoms with Crippen molar-refractivity contribution in [1.82, 2.24) is 9.97 Å². The van der Waals surface area contributed by atoms with E-state index >= 15 is 0 Å². The lowest BCUT2D eigenvalue weighted by Crippen LogP contribution is -2.13. The Morgan fingerprint density at radius 3 is 2.76 bits per heavy atom. The van der Waals surface area contributed by atoms with Crippen LogP contribution in [0.3, 0.4) is 0 Å². The molecule has 0 saturated carbocycles. The molecule has 0 spiro atoms. The molecule has 86 valence electrons. The molecule has 6 heteroatoms. The molecular weight excluding hydrogens is 305 g/mol. The van der Waals surface area contributed by atoms with Gasteiger partial charge in [-0.25, -0.2) is 9.97 Å². The van der Waals surface area contributed by atoms with Crippen LogP contribution in [0.5, 0.6) is 0 Å². The minimum atomic E-state index is -0.284. The van der Waals surface area contributed by atoms with Gasteiger partial charge in [0.1, 0.15) is 11.0 Å². The molecule has 2 heterocycles. The van der Waals surface area contributed by atoms with Crippen molar-refractivity contribution in [2.45, 2.75) is 0 Å². The SMILES string of the molecule is O=C(Nc1ncccc1Br)c1ccc(Cl)nc1. The van der Waals surface area contributed by atoms with Gasteiger partial charge >= 0.3 is 0 Å². The Labute approximate surface area is 111 Å². The smallest absolute Gasteiger partial charge is 0.258 e. The summed E-state index contributed by atoms with van der Waals surface area (Å²) in [6.07, 6.45) is 3.01. The monoisotopic (exact) mass is 311 g/mol. The summed E-state index contributed by atoms with van der Waals surface area (Å²) in [7, 11) is 0. The summed E-state index contributed by atoms with van der Waals surface area (Å²) < 4.78 is 0.718. The Kier molecular flexibility index (Phi) is 3.71. The first kappa shape index (κ1) is 12.0. The fraction of sp³-hybridized carbons (Fsp3) is 0. The van der Waals surface area contributed by atoms with Gasteiger partial charge in [-0.15, -0.1) is 0 Å². The quantitative estimate of drug-likeness (QED) is 0.867. The van der Waals surface area contributed by atoms with Gasteiger partial charge in [-0.05, 0) is 40.2 Å². The fourth-order valence-corrected chi connectivity index (χ4v) is 1.63. The second-order valence-corrected chi connectivity index (χ2v) is 4.40. The number of carbonyl (C=O) groups is 1. The molecule has 4 nitrogen and oxygen atoms in total. The molecule has 1 amide bonds. The van der Waals surface area contributed by atoms with Crippen molar-refractivity contribution < 1.29 is 4.79 Å². The molecule has 0 saturated heterocycles. The van der Waals surface area contributed by atoms with Crippen LogP contribution >= 0.6 is 27.5 Å². The van der Waals surface area contributed by atoms with E-state index in [1.807, 2.05) is 0 Å². The van der Waals surface area contributed by atoms with Gasteiger partial charge in [0.25, 0.3) is 5.91 Å². The van der Waals surface area contributed by atoms with E-state index < -0.39 is 0 Å². The number of nitrogens with one attached hydrogen (secondary N) is 1. The summed E-state index contributed by atoms with van der Waals surface area (Å²) in [6.45, 7) is 0. The lowest BCUT2D eigenvalue weighted by molar-refractivity contribution is 0.102. The van der Waals surface area contributed by atoms with Crippen molar-refractivity contribution in [1.29, 1.82) is 0 Å². The Balaban J connectivity index is 2.17.